The van der Waals surface area contributed by atoms with Crippen LogP contribution in [0.4, 0.5) is 10.1 Å². The Kier molecular flexibility index (Phi) is 4.90. The van der Waals surface area contributed by atoms with Gasteiger partial charge in [-0.05, 0) is 70.7 Å². The third-order valence-electron chi connectivity index (χ3n) is 7.57. The van der Waals surface area contributed by atoms with E-state index in [-0.39, 0.29) is 22.4 Å². The molecular formula is C23H29FN4O3S. The van der Waals surface area contributed by atoms with E-state index in [9.17, 15) is 9.59 Å². The van der Waals surface area contributed by atoms with Gasteiger partial charge in [-0.3, -0.25) is 14.0 Å². The van der Waals surface area contributed by atoms with Crippen LogP contribution < -0.4 is 20.6 Å². The van der Waals surface area contributed by atoms with E-state index < -0.39 is 16.8 Å². The zero-order valence-corrected chi connectivity index (χ0v) is 19.9. The van der Waals surface area contributed by atoms with Gasteiger partial charge in [-0.1, -0.05) is 0 Å². The zero-order valence-electron chi connectivity index (χ0n) is 19.1. The fourth-order valence-electron chi connectivity index (χ4n) is 4.99. The standard InChI is InChI=1S/C23H29FN4O3S/c1-23(2,26(3)4)12-8-9-27(11-12)18-15(24)10-14-17(20(18)31-5)28(13-6-7-13)22-16(19(14)29)21(30)25-32-22/h10,12-13H,6-9,11H2,1-5H3,(H,25,30)/t12-/m1/s1. The highest BCUT2D eigenvalue weighted by Crippen LogP contribution is 2.46. The Hall–Kier alpha value is -2.39. The minimum absolute atomic E-state index is 0.0328. The van der Waals surface area contributed by atoms with Gasteiger partial charge in [-0.25, -0.2) is 4.39 Å². The van der Waals surface area contributed by atoms with Gasteiger partial charge in [0.1, 0.15) is 15.9 Å². The van der Waals surface area contributed by atoms with Crippen molar-refractivity contribution in [3.05, 3.63) is 32.5 Å². The molecule has 0 amide bonds. The molecule has 3 aromatic rings. The van der Waals surface area contributed by atoms with E-state index in [1.165, 1.54) is 13.2 Å². The Balaban J connectivity index is 1.75. The van der Waals surface area contributed by atoms with Crippen LogP contribution in [0.25, 0.3) is 21.1 Å². The Labute approximate surface area is 189 Å². The van der Waals surface area contributed by atoms with Crippen LogP contribution in [0.3, 0.4) is 0 Å². The van der Waals surface area contributed by atoms with Gasteiger partial charge in [0.05, 0.1) is 18.0 Å². The summed E-state index contributed by atoms with van der Waals surface area (Å²) in [6.07, 6.45) is 2.86. The molecule has 0 spiro atoms. The van der Waals surface area contributed by atoms with Crippen LogP contribution in [0.2, 0.25) is 0 Å². The predicted octanol–water partition coefficient (Wildman–Crippen LogP) is 3.55. The molecule has 1 saturated heterocycles. The number of anilines is 1. The van der Waals surface area contributed by atoms with E-state index in [1.807, 2.05) is 4.57 Å². The van der Waals surface area contributed by atoms with Gasteiger partial charge in [-0.2, -0.15) is 0 Å². The number of halogens is 1. The number of methoxy groups -OCH3 is 1. The van der Waals surface area contributed by atoms with Crippen molar-refractivity contribution in [2.24, 2.45) is 5.92 Å². The molecule has 0 radical (unpaired) electrons. The maximum absolute atomic E-state index is 15.6. The van der Waals surface area contributed by atoms with Gasteiger partial charge in [0.25, 0.3) is 5.56 Å². The number of H-pyrrole nitrogens is 1. The van der Waals surface area contributed by atoms with E-state index in [0.29, 0.717) is 40.8 Å². The molecule has 3 heterocycles. The molecule has 2 aromatic heterocycles. The van der Waals surface area contributed by atoms with Crippen LogP contribution in [-0.2, 0) is 0 Å². The molecule has 1 saturated carbocycles. The van der Waals surface area contributed by atoms with E-state index in [4.69, 9.17) is 4.74 Å². The number of pyridine rings is 1. The number of hydrogen-bond donors (Lipinski definition) is 1. The number of hydrogen-bond acceptors (Lipinski definition) is 6. The first-order valence-corrected chi connectivity index (χ1v) is 11.9. The molecule has 2 fully saturated rings. The van der Waals surface area contributed by atoms with Crippen molar-refractivity contribution in [2.45, 2.75) is 44.7 Å². The van der Waals surface area contributed by atoms with Crippen molar-refractivity contribution in [3.63, 3.8) is 0 Å². The minimum atomic E-state index is -0.483. The average Bonchev–Trinajstić information content (AvgIpc) is 3.32. The Morgan fingerprint density at radius 2 is 1.97 bits per heavy atom. The second-order valence-electron chi connectivity index (χ2n) is 9.76. The molecule has 1 aliphatic heterocycles. The molecule has 0 bridgehead atoms. The molecule has 1 aromatic carbocycles. The maximum Gasteiger partial charge on any atom is 0.271 e. The average molecular weight is 461 g/mol. The lowest BCUT2D eigenvalue weighted by atomic mass is 9.86. The summed E-state index contributed by atoms with van der Waals surface area (Å²) in [4.78, 5) is 30.4. The van der Waals surface area contributed by atoms with E-state index in [1.54, 1.807) is 0 Å². The first-order valence-electron chi connectivity index (χ1n) is 11.0. The van der Waals surface area contributed by atoms with Crippen LogP contribution in [-0.4, -0.2) is 53.7 Å². The van der Waals surface area contributed by atoms with Gasteiger partial charge < -0.3 is 19.1 Å². The minimum Gasteiger partial charge on any atom is -0.492 e. The van der Waals surface area contributed by atoms with Gasteiger partial charge >= 0.3 is 0 Å². The van der Waals surface area contributed by atoms with Crippen molar-refractivity contribution in [1.82, 2.24) is 13.8 Å². The number of nitrogens with one attached hydrogen (secondary N) is 1. The van der Waals surface area contributed by atoms with E-state index in [0.717, 1.165) is 30.8 Å². The largest absolute Gasteiger partial charge is 0.492 e. The fraction of sp³-hybridized carbons (Fsp3) is 0.565. The highest BCUT2D eigenvalue weighted by atomic mass is 32.1. The molecule has 1 aliphatic carbocycles. The first kappa shape index (κ1) is 21.5. The number of nitrogens with zero attached hydrogens (tertiary/aromatic N) is 3. The third-order valence-corrected chi connectivity index (χ3v) is 8.45. The predicted molar refractivity (Wildman–Crippen MR) is 127 cm³/mol. The number of fused-ring (bicyclic) bond motifs is 2. The van der Waals surface area contributed by atoms with Gasteiger partial charge in [0.15, 0.2) is 11.6 Å². The number of aromatic amines is 1. The van der Waals surface area contributed by atoms with Crippen LogP contribution in [0.15, 0.2) is 15.7 Å². The van der Waals surface area contributed by atoms with Crippen LogP contribution in [0.1, 0.15) is 39.2 Å². The van der Waals surface area contributed by atoms with E-state index in [2.05, 4.69) is 42.1 Å². The molecule has 1 atom stereocenters. The van der Waals surface area contributed by atoms with Crippen molar-refractivity contribution >= 4 is 38.3 Å². The summed E-state index contributed by atoms with van der Waals surface area (Å²) in [5, 5.41) is 0.313. The van der Waals surface area contributed by atoms with Gasteiger partial charge in [0.2, 0.25) is 5.43 Å². The number of benzene rings is 1. The molecule has 32 heavy (non-hydrogen) atoms. The van der Waals surface area contributed by atoms with Crippen LogP contribution in [0, 0.1) is 11.7 Å². The van der Waals surface area contributed by atoms with Gasteiger partial charge in [0, 0.05) is 24.7 Å². The van der Waals surface area contributed by atoms with Crippen molar-refractivity contribution in [3.8, 4) is 5.75 Å². The summed E-state index contributed by atoms with van der Waals surface area (Å²) in [5.41, 5.74) is 0.117. The SMILES string of the molecule is COc1c(N2CC[C@@H](C(C)(C)N(C)C)C2)c(F)cc2c(=O)c3c(=O)[nH]sc3n(C3CC3)c12. The number of rotatable bonds is 5. The first-order chi connectivity index (χ1) is 15.2. The second kappa shape index (κ2) is 7.31. The lowest BCUT2D eigenvalue weighted by molar-refractivity contribution is 0.127. The monoisotopic (exact) mass is 460 g/mol. The van der Waals surface area contributed by atoms with Crippen molar-refractivity contribution in [2.75, 3.05) is 39.2 Å². The summed E-state index contributed by atoms with van der Waals surface area (Å²) >= 11 is 1.16. The molecule has 1 N–H and O–H groups in total. The zero-order chi connectivity index (χ0) is 22.9. The highest BCUT2D eigenvalue weighted by Gasteiger charge is 2.39. The van der Waals surface area contributed by atoms with E-state index >= 15 is 4.39 Å². The molecule has 2 aliphatic rings. The Bertz CT molecular complexity index is 1340. The smallest absolute Gasteiger partial charge is 0.271 e. The van der Waals surface area contributed by atoms with Crippen molar-refractivity contribution in [1.29, 1.82) is 0 Å². The highest BCUT2D eigenvalue weighted by molar-refractivity contribution is 7.12. The Morgan fingerprint density at radius 3 is 2.59 bits per heavy atom. The quantitative estimate of drug-likeness (QED) is 0.631. The lowest BCUT2D eigenvalue weighted by Gasteiger charge is -2.38. The summed E-state index contributed by atoms with van der Waals surface area (Å²) in [5.74, 6) is 0.262. The third kappa shape index (κ3) is 3.01. The Morgan fingerprint density at radius 1 is 1.25 bits per heavy atom. The molecule has 7 nitrogen and oxygen atoms in total. The lowest BCUT2D eigenvalue weighted by Crippen LogP contribution is -2.46. The van der Waals surface area contributed by atoms with Crippen LogP contribution in [0.5, 0.6) is 5.75 Å². The molecule has 9 heteroatoms. The topological polar surface area (TPSA) is 70.6 Å². The molecular weight excluding hydrogens is 431 g/mol. The summed E-state index contributed by atoms with van der Waals surface area (Å²) in [6.45, 7) is 5.85. The molecule has 0 unspecified atom stereocenters. The maximum atomic E-state index is 15.6. The fourth-order valence-corrected chi connectivity index (χ4v) is 5.91. The van der Waals surface area contributed by atoms with Crippen LogP contribution >= 0.6 is 11.5 Å². The number of ether oxygens (including phenoxy) is 1. The van der Waals surface area contributed by atoms with Crippen molar-refractivity contribution < 1.29 is 9.13 Å². The summed E-state index contributed by atoms with van der Waals surface area (Å²) < 4.78 is 26.1. The summed E-state index contributed by atoms with van der Waals surface area (Å²) in [6, 6.07) is 1.48. The normalized spacial score (nSPS) is 19.6. The van der Waals surface area contributed by atoms with Gasteiger partial charge in [-0.15, -0.1) is 0 Å². The summed E-state index contributed by atoms with van der Waals surface area (Å²) in [7, 11) is 5.67. The molecule has 5 rings (SSSR count). The molecule has 172 valence electrons. The number of aromatic nitrogens is 2. The second-order valence-corrected chi connectivity index (χ2v) is 10.6.